The van der Waals surface area contributed by atoms with E-state index in [-0.39, 0.29) is 5.97 Å². The van der Waals surface area contributed by atoms with Crippen LogP contribution in [-0.2, 0) is 14.3 Å². The molecule has 0 aliphatic carbocycles. The molecule has 0 atom stereocenters. The van der Waals surface area contributed by atoms with E-state index >= 15 is 0 Å². The smallest absolute Gasteiger partial charge is 0.320 e. The van der Waals surface area contributed by atoms with Crippen molar-refractivity contribution in [2.24, 2.45) is 0 Å². The van der Waals surface area contributed by atoms with Crippen molar-refractivity contribution in [1.29, 1.82) is 0 Å². The first-order chi connectivity index (χ1) is 8.20. The first kappa shape index (κ1) is 18.7. The number of hydrogen-bond acceptors (Lipinski definition) is 5. The zero-order chi connectivity index (χ0) is 13.5. The molecule has 0 saturated heterocycles. The van der Waals surface area contributed by atoms with E-state index in [2.05, 4.69) is 5.32 Å². The fourth-order valence-electron chi connectivity index (χ4n) is 0.977. The summed E-state index contributed by atoms with van der Waals surface area (Å²) < 4.78 is 10.2. The van der Waals surface area contributed by atoms with Crippen molar-refractivity contribution in [3.8, 4) is 0 Å². The molecule has 5 heteroatoms. The molecule has 5 nitrogen and oxygen atoms in total. The molecule has 0 aromatic rings. The number of nitrogens with one attached hydrogen (secondary N) is 1. The molecule has 0 spiro atoms. The molecule has 0 rings (SSSR count). The number of nitrogens with zero attached hydrogens (tertiary/aromatic N) is 1. The third-order valence-electron chi connectivity index (χ3n) is 1.84. The molecule has 0 saturated carbocycles. The lowest BCUT2D eigenvalue weighted by atomic mass is 10.5. The maximum absolute atomic E-state index is 11.2. The Balaban J connectivity index is 0. The van der Waals surface area contributed by atoms with Crippen LogP contribution in [0.5, 0.6) is 0 Å². The van der Waals surface area contributed by atoms with E-state index in [0.29, 0.717) is 32.9 Å². The molecule has 0 aliphatic heterocycles. The Morgan fingerprint density at radius 3 is 2.47 bits per heavy atom. The number of rotatable bonds is 9. The molecule has 1 N–H and O–H groups in total. The number of ether oxygens (including phenoxy) is 2. The minimum absolute atomic E-state index is 0.191. The zero-order valence-electron chi connectivity index (χ0n) is 11.9. The highest BCUT2D eigenvalue weighted by molar-refractivity contribution is 5.71. The fourth-order valence-corrected chi connectivity index (χ4v) is 0.977. The molecule has 0 aliphatic rings. The molecule has 104 valence electrons. The van der Waals surface area contributed by atoms with Gasteiger partial charge in [0, 0.05) is 19.7 Å². The minimum Gasteiger partial charge on any atom is -0.463 e. The number of carbonyl (C=O) groups excluding carboxylic acids is 1. The first-order valence-electron chi connectivity index (χ1n) is 6.27. The van der Waals surface area contributed by atoms with Crippen molar-refractivity contribution in [1.82, 2.24) is 10.2 Å². The van der Waals surface area contributed by atoms with Crippen molar-refractivity contribution in [3.05, 3.63) is 0 Å². The summed E-state index contributed by atoms with van der Waals surface area (Å²) in [5.41, 5.74) is 0. The molecular formula is C12H28N2O3. The Labute approximate surface area is 105 Å². The normalized spacial score (nSPS) is 9.76. The van der Waals surface area contributed by atoms with Gasteiger partial charge in [-0.2, -0.15) is 0 Å². The molecular weight excluding hydrogens is 220 g/mol. The Kier molecular flexibility index (Phi) is 16.9. The highest BCUT2D eigenvalue weighted by Gasteiger charge is 2.06. The van der Waals surface area contributed by atoms with Gasteiger partial charge in [-0.15, -0.1) is 0 Å². The standard InChI is InChI=1S/C10H22N2O3.C2H6/c1-4-14-8-6-12(3)9-10(13)15-7-5-11-2;1-2/h11H,4-9H2,1-3H3;1-2H3. The lowest BCUT2D eigenvalue weighted by Crippen LogP contribution is -2.31. The van der Waals surface area contributed by atoms with Gasteiger partial charge in [-0.3, -0.25) is 9.69 Å². The van der Waals surface area contributed by atoms with Gasteiger partial charge in [0.15, 0.2) is 0 Å². The van der Waals surface area contributed by atoms with Crippen LogP contribution in [0.1, 0.15) is 20.8 Å². The number of likely N-dealkylation sites (N-methyl/N-ethyl adjacent to an activating group) is 2. The van der Waals surface area contributed by atoms with Crippen molar-refractivity contribution >= 4 is 5.97 Å². The van der Waals surface area contributed by atoms with Crippen LogP contribution in [0, 0.1) is 0 Å². The van der Waals surface area contributed by atoms with Crippen LogP contribution in [0.3, 0.4) is 0 Å². The summed E-state index contributed by atoms with van der Waals surface area (Å²) in [6, 6.07) is 0. The third-order valence-corrected chi connectivity index (χ3v) is 1.84. The largest absolute Gasteiger partial charge is 0.463 e. The predicted octanol–water partition coefficient (Wildman–Crippen LogP) is 0.744. The molecule has 0 aromatic carbocycles. The third kappa shape index (κ3) is 15.4. The lowest BCUT2D eigenvalue weighted by molar-refractivity contribution is -0.144. The topological polar surface area (TPSA) is 50.8 Å². The van der Waals surface area contributed by atoms with Gasteiger partial charge in [0.25, 0.3) is 0 Å². The zero-order valence-corrected chi connectivity index (χ0v) is 11.9. The van der Waals surface area contributed by atoms with Crippen molar-refractivity contribution < 1.29 is 14.3 Å². The highest BCUT2D eigenvalue weighted by atomic mass is 16.5. The minimum atomic E-state index is -0.191. The van der Waals surface area contributed by atoms with Gasteiger partial charge >= 0.3 is 5.97 Å². The Morgan fingerprint density at radius 2 is 1.94 bits per heavy atom. The van der Waals surface area contributed by atoms with Gasteiger partial charge in [0.05, 0.1) is 13.2 Å². The fraction of sp³-hybridized carbons (Fsp3) is 0.917. The lowest BCUT2D eigenvalue weighted by Gasteiger charge is -2.15. The Hall–Kier alpha value is -0.650. The maximum Gasteiger partial charge on any atom is 0.320 e. The van der Waals surface area contributed by atoms with E-state index in [0.717, 1.165) is 6.54 Å². The summed E-state index contributed by atoms with van der Waals surface area (Å²) in [6.07, 6.45) is 0. The van der Waals surface area contributed by atoms with Gasteiger partial charge in [-0.05, 0) is 21.0 Å². The number of carbonyl (C=O) groups is 1. The van der Waals surface area contributed by atoms with Crippen LogP contribution in [-0.4, -0.2) is 64.4 Å². The van der Waals surface area contributed by atoms with E-state index in [1.165, 1.54) is 0 Å². The molecule has 0 amide bonds. The molecule has 0 aromatic heterocycles. The Bertz CT molecular complexity index is 166. The first-order valence-corrected chi connectivity index (χ1v) is 6.27. The van der Waals surface area contributed by atoms with Crippen LogP contribution in [0.4, 0.5) is 0 Å². The van der Waals surface area contributed by atoms with Gasteiger partial charge in [0.2, 0.25) is 0 Å². The van der Waals surface area contributed by atoms with Crippen LogP contribution in [0.15, 0.2) is 0 Å². The summed E-state index contributed by atoms with van der Waals surface area (Å²) in [4.78, 5) is 13.1. The monoisotopic (exact) mass is 248 g/mol. The predicted molar refractivity (Wildman–Crippen MR) is 70.2 cm³/mol. The van der Waals surface area contributed by atoms with E-state index in [1.54, 1.807) is 0 Å². The maximum atomic E-state index is 11.2. The molecule has 0 heterocycles. The van der Waals surface area contributed by atoms with E-state index < -0.39 is 0 Å². The van der Waals surface area contributed by atoms with Gasteiger partial charge in [-0.25, -0.2) is 0 Å². The van der Waals surface area contributed by atoms with Crippen LogP contribution >= 0.6 is 0 Å². The summed E-state index contributed by atoms with van der Waals surface area (Å²) in [5.74, 6) is -0.191. The number of esters is 1. The van der Waals surface area contributed by atoms with Crippen molar-refractivity contribution in [2.75, 3.05) is 53.6 Å². The van der Waals surface area contributed by atoms with E-state index in [1.807, 2.05) is 39.8 Å². The van der Waals surface area contributed by atoms with Crippen molar-refractivity contribution in [3.63, 3.8) is 0 Å². The summed E-state index contributed by atoms with van der Waals surface area (Å²) in [6.45, 7) is 9.48. The number of hydrogen-bond donors (Lipinski definition) is 1. The highest BCUT2D eigenvalue weighted by Crippen LogP contribution is 1.86. The van der Waals surface area contributed by atoms with Gasteiger partial charge < -0.3 is 14.8 Å². The quantitative estimate of drug-likeness (QED) is 0.482. The molecule has 17 heavy (non-hydrogen) atoms. The molecule has 0 radical (unpaired) electrons. The van der Waals surface area contributed by atoms with Crippen LogP contribution in [0.2, 0.25) is 0 Å². The SMILES string of the molecule is CC.CCOCCN(C)CC(=O)OCCNC. The molecule has 0 unspecified atom stereocenters. The average molecular weight is 248 g/mol. The van der Waals surface area contributed by atoms with Crippen LogP contribution < -0.4 is 5.32 Å². The molecule has 0 bridgehead atoms. The second-order valence-corrected chi connectivity index (χ2v) is 3.26. The van der Waals surface area contributed by atoms with Crippen molar-refractivity contribution in [2.45, 2.75) is 20.8 Å². The molecule has 0 fully saturated rings. The summed E-state index contributed by atoms with van der Waals surface area (Å²) in [7, 11) is 3.69. The second kappa shape index (κ2) is 15.4. The van der Waals surface area contributed by atoms with E-state index in [9.17, 15) is 4.79 Å². The summed E-state index contributed by atoms with van der Waals surface area (Å²) in [5, 5.41) is 2.91. The second-order valence-electron chi connectivity index (χ2n) is 3.26. The van der Waals surface area contributed by atoms with Gasteiger partial charge in [-0.1, -0.05) is 13.8 Å². The van der Waals surface area contributed by atoms with E-state index in [4.69, 9.17) is 9.47 Å². The average Bonchev–Trinajstić information content (AvgIpc) is 2.32. The summed E-state index contributed by atoms with van der Waals surface area (Å²) >= 11 is 0. The Morgan fingerprint density at radius 1 is 1.29 bits per heavy atom. The van der Waals surface area contributed by atoms with Gasteiger partial charge in [0.1, 0.15) is 6.61 Å². The van der Waals surface area contributed by atoms with Crippen LogP contribution in [0.25, 0.3) is 0 Å².